The van der Waals surface area contributed by atoms with Crippen molar-refractivity contribution >= 4 is 17.6 Å². The average Bonchev–Trinajstić information content (AvgIpc) is 2.00. The van der Waals surface area contributed by atoms with Gasteiger partial charge in [0.05, 0.1) is 5.41 Å². The van der Waals surface area contributed by atoms with Crippen molar-refractivity contribution < 1.29 is 9.90 Å². The van der Waals surface area contributed by atoms with E-state index in [1.54, 1.807) is 13.0 Å². The fourth-order valence-electron chi connectivity index (χ4n) is 0.688. The SMILES string of the molecule is CCC(C)(C/C=C/Cl)C(=O)O. The van der Waals surface area contributed by atoms with Crippen LogP contribution < -0.4 is 0 Å². The zero-order chi connectivity index (χ0) is 8.91. The highest BCUT2D eigenvalue weighted by atomic mass is 35.5. The molecule has 0 heterocycles. The molecule has 0 amide bonds. The Morgan fingerprint density at radius 2 is 2.27 bits per heavy atom. The molecule has 0 aliphatic rings. The van der Waals surface area contributed by atoms with E-state index in [0.29, 0.717) is 12.8 Å². The van der Waals surface area contributed by atoms with Gasteiger partial charge in [0, 0.05) is 5.54 Å². The first-order valence-corrected chi connectivity index (χ1v) is 3.99. The maximum atomic E-state index is 10.7. The van der Waals surface area contributed by atoms with E-state index in [9.17, 15) is 4.79 Å². The van der Waals surface area contributed by atoms with Crippen LogP contribution in [-0.2, 0) is 4.79 Å². The highest BCUT2D eigenvalue weighted by Gasteiger charge is 2.29. The highest BCUT2D eigenvalue weighted by Crippen LogP contribution is 2.26. The fourth-order valence-corrected chi connectivity index (χ4v) is 0.777. The van der Waals surface area contributed by atoms with E-state index in [-0.39, 0.29) is 0 Å². The number of carboxylic acid groups (broad SMARTS) is 1. The molecule has 1 N–H and O–H groups in total. The van der Waals surface area contributed by atoms with Crippen LogP contribution in [0.5, 0.6) is 0 Å². The molecule has 0 rings (SSSR count). The van der Waals surface area contributed by atoms with Crippen LogP contribution in [0.1, 0.15) is 26.7 Å². The molecule has 0 aromatic carbocycles. The Morgan fingerprint density at radius 1 is 1.73 bits per heavy atom. The van der Waals surface area contributed by atoms with Gasteiger partial charge in [-0.3, -0.25) is 4.79 Å². The Balaban J connectivity index is 4.22. The third kappa shape index (κ3) is 2.93. The van der Waals surface area contributed by atoms with Gasteiger partial charge in [-0.25, -0.2) is 0 Å². The second kappa shape index (κ2) is 4.39. The number of halogens is 1. The van der Waals surface area contributed by atoms with Gasteiger partial charge in [-0.15, -0.1) is 0 Å². The van der Waals surface area contributed by atoms with Gasteiger partial charge in [0.25, 0.3) is 0 Å². The molecule has 0 aliphatic heterocycles. The Labute approximate surface area is 71.9 Å². The summed E-state index contributed by atoms with van der Waals surface area (Å²) in [6.45, 7) is 3.57. The van der Waals surface area contributed by atoms with Crippen molar-refractivity contribution in [3.8, 4) is 0 Å². The van der Waals surface area contributed by atoms with Gasteiger partial charge in [0.2, 0.25) is 0 Å². The van der Waals surface area contributed by atoms with Gasteiger partial charge in [-0.1, -0.05) is 24.6 Å². The normalized spacial score (nSPS) is 16.6. The van der Waals surface area contributed by atoms with E-state index in [1.165, 1.54) is 5.54 Å². The standard InChI is InChI=1S/C8H13ClO2/c1-3-8(2,7(10)11)5-4-6-9/h4,6H,3,5H2,1-2H3,(H,10,11)/b6-4+. The molecule has 0 aliphatic carbocycles. The molecule has 3 heteroatoms. The molecule has 0 saturated carbocycles. The molecular weight excluding hydrogens is 164 g/mol. The van der Waals surface area contributed by atoms with Crippen molar-refractivity contribution in [3.63, 3.8) is 0 Å². The minimum absolute atomic E-state index is 0.488. The molecule has 0 aromatic heterocycles. The average molecular weight is 177 g/mol. The van der Waals surface area contributed by atoms with Gasteiger partial charge < -0.3 is 5.11 Å². The number of allylic oxidation sites excluding steroid dienone is 1. The van der Waals surface area contributed by atoms with Crippen LogP contribution >= 0.6 is 11.6 Å². The molecule has 1 atom stereocenters. The third-order valence-electron chi connectivity index (χ3n) is 1.95. The topological polar surface area (TPSA) is 37.3 Å². The molecule has 0 radical (unpaired) electrons. The first-order valence-electron chi connectivity index (χ1n) is 3.55. The number of hydrogen-bond donors (Lipinski definition) is 1. The lowest BCUT2D eigenvalue weighted by Crippen LogP contribution is -2.25. The fraction of sp³-hybridized carbons (Fsp3) is 0.625. The summed E-state index contributed by atoms with van der Waals surface area (Å²) in [5, 5.41) is 8.78. The van der Waals surface area contributed by atoms with Gasteiger partial charge >= 0.3 is 5.97 Å². The van der Waals surface area contributed by atoms with Crippen LogP contribution in [0.4, 0.5) is 0 Å². The van der Waals surface area contributed by atoms with Gasteiger partial charge in [-0.05, 0) is 19.8 Å². The van der Waals surface area contributed by atoms with Crippen LogP contribution in [0.15, 0.2) is 11.6 Å². The monoisotopic (exact) mass is 176 g/mol. The summed E-state index contributed by atoms with van der Waals surface area (Å²) in [5.41, 5.74) is 0.697. The number of hydrogen-bond acceptors (Lipinski definition) is 1. The lowest BCUT2D eigenvalue weighted by atomic mass is 9.84. The van der Waals surface area contributed by atoms with Gasteiger partial charge in [0.15, 0.2) is 0 Å². The second-order valence-corrected chi connectivity index (χ2v) is 3.04. The predicted molar refractivity (Wildman–Crippen MR) is 45.6 cm³/mol. The summed E-state index contributed by atoms with van der Waals surface area (Å²) in [5.74, 6) is -0.769. The number of carboxylic acids is 1. The molecule has 0 fully saturated rings. The molecular formula is C8H13ClO2. The minimum Gasteiger partial charge on any atom is -0.481 e. The van der Waals surface area contributed by atoms with E-state index < -0.39 is 11.4 Å². The summed E-state index contributed by atoms with van der Waals surface area (Å²) < 4.78 is 0. The molecule has 11 heavy (non-hydrogen) atoms. The number of rotatable bonds is 4. The molecule has 0 saturated heterocycles. The van der Waals surface area contributed by atoms with Crippen LogP contribution in [-0.4, -0.2) is 11.1 Å². The molecule has 2 nitrogen and oxygen atoms in total. The Hall–Kier alpha value is -0.500. The first kappa shape index (κ1) is 10.5. The first-order chi connectivity index (χ1) is 5.06. The molecule has 64 valence electrons. The lowest BCUT2D eigenvalue weighted by molar-refractivity contribution is -0.147. The maximum Gasteiger partial charge on any atom is 0.309 e. The van der Waals surface area contributed by atoms with Crippen LogP contribution in [0, 0.1) is 5.41 Å². The Kier molecular flexibility index (Phi) is 4.19. The van der Waals surface area contributed by atoms with Crippen molar-refractivity contribution in [2.45, 2.75) is 26.7 Å². The van der Waals surface area contributed by atoms with Crippen molar-refractivity contribution in [2.24, 2.45) is 5.41 Å². The predicted octanol–water partition coefficient (Wildman–Crippen LogP) is 2.63. The zero-order valence-electron chi connectivity index (χ0n) is 6.80. The van der Waals surface area contributed by atoms with E-state index in [2.05, 4.69) is 0 Å². The van der Waals surface area contributed by atoms with Crippen molar-refractivity contribution in [1.82, 2.24) is 0 Å². The Bertz CT molecular complexity index is 165. The zero-order valence-corrected chi connectivity index (χ0v) is 7.56. The second-order valence-electron chi connectivity index (χ2n) is 2.79. The summed E-state index contributed by atoms with van der Waals surface area (Å²) in [6.07, 6.45) is 2.77. The van der Waals surface area contributed by atoms with Crippen LogP contribution in [0.3, 0.4) is 0 Å². The Morgan fingerprint density at radius 3 is 2.55 bits per heavy atom. The summed E-state index contributed by atoms with van der Waals surface area (Å²) in [6, 6.07) is 0. The number of aliphatic carboxylic acids is 1. The number of carbonyl (C=O) groups is 1. The van der Waals surface area contributed by atoms with Crippen molar-refractivity contribution in [3.05, 3.63) is 11.6 Å². The smallest absolute Gasteiger partial charge is 0.309 e. The van der Waals surface area contributed by atoms with E-state index in [1.807, 2.05) is 6.92 Å². The van der Waals surface area contributed by atoms with Crippen molar-refractivity contribution in [1.29, 1.82) is 0 Å². The van der Waals surface area contributed by atoms with E-state index in [0.717, 1.165) is 0 Å². The van der Waals surface area contributed by atoms with E-state index in [4.69, 9.17) is 16.7 Å². The van der Waals surface area contributed by atoms with Gasteiger partial charge in [0.1, 0.15) is 0 Å². The molecule has 1 unspecified atom stereocenters. The largest absolute Gasteiger partial charge is 0.481 e. The minimum atomic E-state index is -0.769. The summed E-state index contributed by atoms with van der Waals surface area (Å²) in [4.78, 5) is 10.7. The molecule has 0 spiro atoms. The van der Waals surface area contributed by atoms with Crippen LogP contribution in [0.2, 0.25) is 0 Å². The quantitative estimate of drug-likeness (QED) is 0.715. The lowest BCUT2D eigenvalue weighted by Gasteiger charge is -2.20. The maximum absolute atomic E-state index is 10.7. The van der Waals surface area contributed by atoms with E-state index >= 15 is 0 Å². The summed E-state index contributed by atoms with van der Waals surface area (Å²) >= 11 is 5.30. The third-order valence-corrected chi connectivity index (χ3v) is 2.13. The molecule has 0 bridgehead atoms. The molecule has 0 aromatic rings. The van der Waals surface area contributed by atoms with Crippen LogP contribution in [0.25, 0.3) is 0 Å². The summed E-state index contributed by atoms with van der Waals surface area (Å²) in [7, 11) is 0. The van der Waals surface area contributed by atoms with Crippen molar-refractivity contribution in [2.75, 3.05) is 0 Å². The highest BCUT2D eigenvalue weighted by molar-refractivity contribution is 6.25. The van der Waals surface area contributed by atoms with Gasteiger partial charge in [-0.2, -0.15) is 0 Å².